The third-order valence-corrected chi connectivity index (χ3v) is 7.88. The number of nitrogens with one attached hydrogen (secondary N) is 1. The molecule has 1 fully saturated rings. The number of pyridine rings is 1. The number of carbonyl (C=O) groups excluding carboxylic acids is 2. The third-order valence-electron chi connectivity index (χ3n) is 4.95. The molecular weight excluding hydrogens is 462 g/mol. The lowest BCUT2D eigenvalue weighted by Crippen LogP contribution is -2.32. The average Bonchev–Trinajstić information content (AvgIpc) is 3.18. The van der Waals surface area contributed by atoms with Gasteiger partial charge >= 0.3 is 4.87 Å². The van der Waals surface area contributed by atoms with Crippen LogP contribution in [0.2, 0.25) is 0 Å². The summed E-state index contributed by atoms with van der Waals surface area (Å²) in [6.45, 7) is 0. The number of H-pyrrole nitrogens is 1. The summed E-state index contributed by atoms with van der Waals surface area (Å²) < 4.78 is 0.870. The predicted octanol–water partition coefficient (Wildman–Crippen LogP) is 3.39. The molecule has 1 aromatic carbocycles. The number of hydrogen-bond acceptors (Lipinski definition) is 6. The maximum Gasteiger partial charge on any atom is 0.305 e. The molecule has 1 N–H and O–H groups in total. The maximum absolute atomic E-state index is 13.4. The zero-order valence-corrected chi connectivity index (χ0v) is 17.4. The van der Waals surface area contributed by atoms with Crippen molar-refractivity contribution >= 4 is 56.5 Å². The summed E-state index contributed by atoms with van der Waals surface area (Å²) in [7, 11) is 0. The molecular formula is C19H12BrN3O3S2. The van der Waals surface area contributed by atoms with Crippen LogP contribution in [0.3, 0.4) is 0 Å². The molecule has 28 heavy (non-hydrogen) atoms. The van der Waals surface area contributed by atoms with Gasteiger partial charge in [0.1, 0.15) is 5.25 Å². The summed E-state index contributed by atoms with van der Waals surface area (Å²) in [5.74, 6) is -1.46. The number of rotatable bonds is 2. The summed E-state index contributed by atoms with van der Waals surface area (Å²) >= 11 is 5.74. The van der Waals surface area contributed by atoms with Crippen molar-refractivity contribution in [1.82, 2.24) is 9.97 Å². The number of carbonyl (C=O) groups is 2. The minimum Gasteiger partial charge on any atom is -0.307 e. The zero-order valence-electron chi connectivity index (χ0n) is 14.2. The monoisotopic (exact) mass is 473 g/mol. The van der Waals surface area contributed by atoms with Crippen molar-refractivity contribution in [3.63, 3.8) is 0 Å². The number of halogens is 1. The second-order valence-corrected chi connectivity index (χ2v) is 9.61. The highest BCUT2D eigenvalue weighted by Gasteiger charge is 2.56. The Kier molecular flexibility index (Phi) is 4.26. The first-order valence-electron chi connectivity index (χ1n) is 8.47. The van der Waals surface area contributed by atoms with Crippen LogP contribution >= 0.6 is 39.0 Å². The van der Waals surface area contributed by atoms with Crippen LogP contribution in [0.1, 0.15) is 16.4 Å². The second kappa shape index (κ2) is 6.68. The van der Waals surface area contributed by atoms with Crippen molar-refractivity contribution < 1.29 is 9.59 Å². The van der Waals surface area contributed by atoms with Gasteiger partial charge in [-0.15, -0.1) is 0 Å². The van der Waals surface area contributed by atoms with Gasteiger partial charge in [-0.05, 0) is 35.9 Å². The number of amides is 2. The first-order valence-corrected chi connectivity index (χ1v) is 11.0. The molecule has 3 aromatic rings. The maximum atomic E-state index is 13.4. The SMILES string of the molecule is O=C1C2Sc3[nH]c(=O)sc3[C@H](c3cccnc3)C2C(=O)N1c1ccc(Br)cc1. The Morgan fingerprint density at radius 3 is 2.57 bits per heavy atom. The molecule has 5 rings (SSSR count). The Balaban J connectivity index is 1.65. The predicted molar refractivity (Wildman–Crippen MR) is 111 cm³/mol. The van der Waals surface area contributed by atoms with Crippen LogP contribution in [-0.4, -0.2) is 27.0 Å². The van der Waals surface area contributed by atoms with Crippen molar-refractivity contribution in [2.45, 2.75) is 16.2 Å². The molecule has 0 saturated carbocycles. The molecule has 2 aliphatic rings. The van der Waals surface area contributed by atoms with E-state index in [1.807, 2.05) is 6.07 Å². The summed E-state index contributed by atoms with van der Waals surface area (Å²) in [6, 6.07) is 10.8. The van der Waals surface area contributed by atoms with Crippen molar-refractivity contribution in [1.29, 1.82) is 0 Å². The Bertz CT molecular complexity index is 1140. The van der Waals surface area contributed by atoms with E-state index in [1.54, 1.807) is 42.7 Å². The Morgan fingerprint density at radius 2 is 1.86 bits per heavy atom. The van der Waals surface area contributed by atoms with Crippen LogP contribution in [0.15, 0.2) is 63.1 Å². The fourth-order valence-electron chi connectivity index (χ4n) is 3.78. The number of benzene rings is 1. The molecule has 0 spiro atoms. The number of nitrogens with zero attached hydrogens (tertiary/aromatic N) is 2. The first-order chi connectivity index (χ1) is 13.5. The normalized spacial score (nSPS) is 23.6. The van der Waals surface area contributed by atoms with Gasteiger partial charge in [0.05, 0.1) is 16.6 Å². The second-order valence-electron chi connectivity index (χ2n) is 6.52. The minimum absolute atomic E-state index is 0.184. The molecule has 1 saturated heterocycles. The van der Waals surface area contributed by atoms with Crippen LogP contribution < -0.4 is 9.77 Å². The topological polar surface area (TPSA) is 83.1 Å². The van der Waals surface area contributed by atoms with Crippen LogP contribution in [0.4, 0.5) is 5.69 Å². The summed E-state index contributed by atoms with van der Waals surface area (Å²) in [4.78, 5) is 47.5. The lowest BCUT2D eigenvalue weighted by Gasteiger charge is -2.29. The van der Waals surface area contributed by atoms with Crippen molar-refractivity contribution in [3.05, 3.63) is 73.4 Å². The van der Waals surface area contributed by atoms with Gasteiger partial charge in [0, 0.05) is 27.7 Å². The van der Waals surface area contributed by atoms with Crippen molar-refractivity contribution in [3.8, 4) is 0 Å². The van der Waals surface area contributed by atoms with Crippen LogP contribution in [0, 0.1) is 5.92 Å². The molecule has 6 nitrogen and oxygen atoms in total. The molecule has 4 heterocycles. The number of anilines is 1. The quantitative estimate of drug-likeness (QED) is 0.576. The molecule has 140 valence electrons. The van der Waals surface area contributed by atoms with Gasteiger partial charge in [0.25, 0.3) is 0 Å². The van der Waals surface area contributed by atoms with Gasteiger partial charge in [-0.2, -0.15) is 0 Å². The number of thiazole rings is 1. The van der Waals surface area contributed by atoms with Gasteiger partial charge in [-0.1, -0.05) is 45.1 Å². The number of thioether (sulfide) groups is 1. The summed E-state index contributed by atoms with van der Waals surface area (Å²) in [5.41, 5.74) is 1.38. The molecule has 9 heteroatoms. The van der Waals surface area contributed by atoms with E-state index in [0.29, 0.717) is 10.7 Å². The molecule has 2 unspecified atom stereocenters. The van der Waals surface area contributed by atoms with Crippen LogP contribution in [0.25, 0.3) is 0 Å². The first kappa shape index (κ1) is 17.8. The highest BCUT2D eigenvalue weighted by Crippen LogP contribution is 2.52. The molecule has 2 amide bonds. The van der Waals surface area contributed by atoms with E-state index in [0.717, 1.165) is 26.3 Å². The van der Waals surface area contributed by atoms with Crippen LogP contribution in [-0.2, 0) is 9.59 Å². The fraction of sp³-hybridized carbons (Fsp3) is 0.158. The van der Waals surface area contributed by atoms with Gasteiger partial charge in [0.15, 0.2) is 0 Å². The highest BCUT2D eigenvalue weighted by atomic mass is 79.9. The summed E-state index contributed by atoms with van der Waals surface area (Å²) in [6.07, 6.45) is 3.36. The highest BCUT2D eigenvalue weighted by molar-refractivity contribution is 9.10. The average molecular weight is 474 g/mol. The Hall–Kier alpha value is -2.23. The van der Waals surface area contributed by atoms with Crippen LogP contribution in [0.5, 0.6) is 0 Å². The number of aromatic nitrogens is 2. The Morgan fingerprint density at radius 1 is 1.07 bits per heavy atom. The number of aromatic amines is 1. The van der Waals surface area contributed by atoms with Crippen molar-refractivity contribution in [2.75, 3.05) is 4.90 Å². The third kappa shape index (κ3) is 2.68. The molecule has 2 aliphatic heterocycles. The molecule has 2 aromatic heterocycles. The van der Waals surface area contributed by atoms with Gasteiger partial charge in [0.2, 0.25) is 11.8 Å². The number of hydrogen-bond donors (Lipinski definition) is 1. The van der Waals surface area contributed by atoms with E-state index in [-0.39, 0.29) is 22.6 Å². The minimum atomic E-state index is -0.584. The molecule has 3 atom stereocenters. The van der Waals surface area contributed by atoms with Gasteiger partial charge in [-0.3, -0.25) is 19.4 Å². The fourth-order valence-corrected chi connectivity index (χ4v) is 6.56. The number of imide groups is 1. The van der Waals surface area contributed by atoms with E-state index >= 15 is 0 Å². The summed E-state index contributed by atoms with van der Waals surface area (Å²) in [5, 5.41) is 0.0861. The largest absolute Gasteiger partial charge is 0.307 e. The van der Waals surface area contributed by atoms with E-state index in [4.69, 9.17) is 0 Å². The Labute approximate surface area is 176 Å². The standard InChI is InChI=1S/C19H12BrN3O3S2/c20-10-3-5-11(6-4-10)23-17(24)13-12(9-2-1-7-21-8-9)14-16(22-19(26)28-14)27-15(13)18(23)25/h1-8,12-13,15H,(H,22,26)/t12-,13?,15?/m1/s1. The van der Waals surface area contributed by atoms with Gasteiger partial charge < -0.3 is 4.98 Å². The van der Waals surface area contributed by atoms with Crippen molar-refractivity contribution in [2.24, 2.45) is 5.92 Å². The van der Waals surface area contributed by atoms with E-state index in [1.165, 1.54) is 16.7 Å². The lowest BCUT2D eigenvalue weighted by molar-refractivity contribution is -0.122. The van der Waals surface area contributed by atoms with E-state index in [9.17, 15) is 14.4 Å². The molecule has 0 bridgehead atoms. The lowest BCUT2D eigenvalue weighted by atomic mass is 9.84. The molecule has 0 aliphatic carbocycles. The van der Waals surface area contributed by atoms with E-state index in [2.05, 4.69) is 25.9 Å². The molecule has 0 radical (unpaired) electrons. The smallest absolute Gasteiger partial charge is 0.305 e. The number of fused-ring (bicyclic) bond motifs is 2. The van der Waals surface area contributed by atoms with Gasteiger partial charge in [-0.25, -0.2) is 4.90 Å². The van der Waals surface area contributed by atoms with E-state index < -0.39 is 11.2 Å². The zero-order chi connectivity index (χ0) is 19.4.